The number of anilines is 1. The number of ether oxygens (including phenoxy) is 1. The van der Waals surface area contributed by atoms with Gasteiger partial charge in [0, 0.05) is 31.7 Å². The van der Waals surface area contributed by atoms with Crippen molar-refractivity contribution >= 4 is 29.3 Å². The van der Waals surface area contributed by atoms with Gasteiger partial charge in [-0.2, -0.15) is 0 Å². The van der Waals surface area contributed by atoms with Crippen LogP contribution in [-0.2, 0) is 9.59 Å². The van der Waals surface area contributed by atoms with Gasteiger partial charge in [-0.15, -0.1) is 0 Å². The highest BCUT2D eigenvalue weighted by molar-refractivity contribution is 6.23. The molecule has 0 bridgehead atoms. The first-order chi connectivity index (χ1) is 16.0. The van der Waals surface area contributed by atoms with Gasteiger partial charge in [0.25, 0.3) is 11.8 Å². The quantitative estimate of drug-likeness (QED) is 0.678. The summed E-state index contributed by atoms with van der Waals surface area (Å²) >= 11 is 0. The van der Waals surface area contributed by atoms with Crippen LogP contribution in [0.2, 0.25) is 0 Å². The maximum atomic E-state index is 13.2. The van der Waals surface area contributed by atoms with Crippen molar-refractivity contribution in [3.05, 3.63) is 59.2 Å². The summed E-state index contributed by atoms with van der Waals surface area (Å²) in [4.78, 5) is 53.1. The van der Waals surface area contributed by atoms with Gasteiger partial charge in [-0.1, -0.05) is 12.1 Å². The van der Waals surface area contributed by atoms with E-state index in [-0.39, 0.29) is 30.0 Å². The fourth-order valence-corrected chi connectivity index (χ4v) is 4.77. The molecule has 33 heavy (non-hydrogen) atoms. The fourth-order valence-electron chi connectivity index (χ4n) is 4.77. The summed E-state index contributed by atoms with van der Waals surface area (Å²) in [5, 5.41) is 5.64. The normalized spacial score (nSPS) is 22.9. The van der Waals surface area contributed by atoms with Crippen molar-refractivity contribution in [3.63, 3.8) is 0 Å². The highest BCUT2D eigenvalue weighted by atomic mass is 16.5. The molecule has 0 aliphatic carbocycles. The molecule has 5 rings (SSSR count). The van der Waals surface area contributed by atoms with E-state index >= 15 is 0 Å². The third kappa shape index (κ3) is 3.64. The largest absolute Gasteiger partial charge is 0.497 e. The molecule has 2 fully saturated rings. The van der Waals surface area contributed by atoms with E-state index in [0.29, 0.717) is 0 Å². The maximum Gasteiger partial charge on any atom is 0.262 e. The minimum Gasteiger partial charge on any atom is -0.497 e. The Balaban J connectivity index is 1.44. The van der Waals surface area contributed by atoms with Crippen LogP contribution in [0.5, 0.6) is 5.75 Å². The first kappa shape index (κ1) is 21.1. The van der Waals surface area contributed by atoms with Crippen LogP contribution in [0.3, 0.4) is 0 Å². The zero-order chi connectivity index (χ0) is 23.1. The number of piperidine rings is 1. The Labute approximate surface area is 190 Å². The summed E-state index contributed by atoms with van der Waals surface area (Å²) in [5.41, 5.74) is 2.51. The van der Waals surface area contributed by atoms with Crippen LogP contribution < -0.4 is 20.3 Å². The Morgan fingerprint density at radius 1 is 0.939 bits per heavy atom. The molecule has 0 spiro atoms. The lowest BCUT2D eigenvalue weighted by Gasteiger charge is -2.38. The van der Waals surface area contributed by atoms with Gasteiger partial charge in [0.05, 0.1) is 24.3 Å². The summed E-state index contributed by atoms with van der Waals surface area (Å²) in [6.45, 7) is 2.26. The van der Waals surface area contributed by atoms with Crippen molar-refractivity contribution in [1.82, 2.24) is 15.5 Å². The van der Waals surface area contributed by atoms with Gasteiger partial charge in [-0.3, -0.25) is 29.4 Å². The van der Waals surface area contributed by atoms with Crippen molar-refractivity contribution < 1.29 is 23.9 Å². The van der Waals surface area contributed by atoms with E-state index in [1.165, 1.54) is 0 Å². The van der Waals surface area contributed by atoms with Crippen LogP contribution in [0.4, 0.5) is 5.69 Å². The number of nitrogens with zero attached hydrogens (tertiary/aromatic N) is 2. The smallest absolute Gasteiger partial charge is 0.262 e. The average molecular weight is 448 g/mol. The molecule has 170 valence electrons. The lowest BCUT2D eigenvalue weighted by atomic mass is 10.0. The van der Waals surface area contributed by atoms with Crippen molar-refractivity contribution in [2.75, 3.05) is 31.6 Å². The third-order valence-corrected chi connectivity index (χ3v) is 6.50. The maximum absolute atomic E-state index is 13.2. The molecule has 4 amide bonds. The number of methoxy groups -OCH3 is 1. The van der Waals surface area contributed by atoms with Crippen LogP contribution in [-0.4, -0.2) is 61.3 Å². The lowest BCUT2D eigenvalue weighted by molar-refractivity contribution is -0.136. The number of benzene rings is 2. The van der Waals surface area contributed by atoms with E-state index < -0.39 is 29.7 Å². The molecular formula is C24H24N4O5. The second kappa shape index (κ2) is 8.32. The van der Waals surface area contributed by atoms with Crippen LogP contribution in [0.1, 0.15) is 45.2 Å². The molecule has 2 aromatic carbocycles. The Kier molecular flexibility index (Phi) is 5.33. The van der Waals surface area contributed by atoms with Crippen molar-refractivity contribution in [1.29, 1.82) is 0 Å². The van der Waals surface area contributed by atoms with Crippen LogP contribution in [0.15, 0.2) is 42.5 Å². The Hall–Kier alpha value is -3.72. The van der Waals surface area contributed by atoms with E-state index in [2.05, 4.69) is 15.5 Å². The molecule has 9 heteroatoms. The number of amides is 4. The molecule has 0 radical (unpaired) electrons. The lowest BCUT2D eigenvalue weighted by Crippen LogP contribution is -2.54. The first-order valence-electron chi connectivity index (χ1n) is 10.9. The number of rotatable bonds is 4. The summed E-state index contributed by atoms with van der Waals surface area (Å²) in [6, 6.07) is 12.2. The number of carbonyl (C=O) groups excluding carboxylic acids is 4. The SMILES string of the molecule is COc1ccc(C2CNCCN2c2ccc3c(c2)C(=O)N(C2CCC(=O)NC2=O)C3=O)cc1. The molecule has 2 aromatic rings. The molecule has 2 saturated heterocycles. The van der Waals surface area contributed by atoms with Crippen LogP contribution >= 0.6 is 0 Å². The van der Waals surface area contributed by atoms with Gasteiger partial charge in [0.15, 0.2) is 0 Å². The second-order valence-corrected chi connectivity index (χ2v) is 8.36. The first-order valence-corrected chi connectivity index (χ1v) is 10.9. The minimum absolute atomic E-state index is 0.0427. The number of piperazine rings is 1. The second-order valence-electron chi connectivity index (χ2n) is 8.36. The van der Waals surface area contributed by atoms with Gasteiger partial charge in [-0.25, -0.2) is 0 Å². The molecule has 0 saturated carbocycles. The number of hydrogen-bond acceptors (Lipinski definition) is 7. The van der Waals surface area contributed by atoms with Gasteiger partial charge in [0.2, 0.25) is 11.8 Å². The summed E-state index contributed by atoms with van der Waals surface area (Å²) in [7, 11) is 1.63. The van der Waals surface area contributed by atoms with E-state index in [4.69, 9.17) is 4.74 Å². The number of carbonyl (C=O) groups is 4. The van der Waals surface area contributed by atoms with Crippen molar-refractivity contribution in [3.8, 4) is 5.75 Å². The van der Waals surface area contributed by atoms with E-state index in [0.717, 1.165) is 41.5 Å². The van der Waals surface area contributed by atoms with Crippen molar-refractivity contribution in [2.24, 2.45) is 0 Å². The van der Waals surface area contributed by atoms with Gasteiger partial charge < -0.3 is 15.0 Å². The molecule has 2 N–H and O–H groups in total. The van der Waals surface area contributed by atoms with Crippen LogP contribution in [0, 0.1) is 0 Å². The molecule has 2 unspecified atom stereocenters. The Morgan fingerprint density at radius 2 is 1.70 bits per heavy atom. The standard InChI is InChI=1S/C24H24N4O5/c1-33-16-5-2-14(3-6-16)20-13-25-10-11-27(20)15-4-7-17-18(12-15)24(32)28(23(17)31)19-8-9-21(29)26-22(19)30/h2-7,12,19-20,25H,8-11,13H2,1H3,(H,26,29,30). The predicted molar refractivity (Wildman–Crippen MR) is 119 cm³/mol. The van der Waals surface area contributed by atoms with E-state index in [9.17, 15) is 19.2 Å². The Bertz CT molecular complexity index is 1150. The highest BCUT2D eigenvalue weighted by Gasteiger charge is 2.44. The molecular weight excluding hydrogens is 424 g/mol. The van der Waals surface area contributed by atoms with Gasteiger partial charge in [0.1, 0.15) is 11.8 Å². The third-order valence-electron chi connectivity index (χ3n) is 6.50. The highest BCUT2D eigenvalue weighted by Crippen LogP contribution is 2.34. The summed E-state index contributed by atoms with van der Waals surface area (Å²) < 4.78 is 5.26. The fraction of sp³-hybridized carbons (Fsp3) is 0.333. The summed E-state index contributed by atoms with van der Waals surface area (Å²) in [5.74, 6) is -1.21. The van der Waals surface area contributed by atoms with Gasteiger partial charge >= 0.3 is 0 Å². The molecule has 3 aliphatic heterocycles. The number of imide groups is 2. The molecule has 0 aromatic heterocycles. The molecule has 3 aliphatic rings. The number of nitrogens with one attached hydrogen (secondary N) is 2. The molecule has 2 atom stereocenters. The van der Waals surface area contributed by atoms with Crippen molar-refractivity contribution in [2.45, 2.75) is 24.9 Å². The van der Waals surface area contributed by atoms with E-state index in [1.54, 1.807) is 19.2 Å². The van der Waals surface area contributed by atoms with Gasteiger partial charge in [-0.05, 0) is 42.3 Å². The zero-order valence-electron chi connectivity index (χ0n) is 18.2. The predicted octanol–water partition coefficient (Wildman–Crippen LogP) is 1.25. The molecule has 3 heterocycles. The minimum atomic E-state index is -0.968. The topological polar surface area (TPSA) is 108 Å². The Morgan fingerprint density at radius 3 is 2.42 bits per heavy atom. The number of hydrogen-bond donors (Lipinski definition) is 2. The van der Waals surface area contributed by atoms with Crippen LogP contribution in [0.25, 0.3) is 0 Å². The molecule has 9 nitrogen and oxygen atoms in total. The number of fused-ring (bicyclic) bond motifs is 1. The monoisotopic (exact) mass is 448 g/mol. The van der Waals surface area contributed by atoms with E-state index in [1.807, 2.05) is 30.3 Å². The zero-order valence-corrected chi connectivity index (χ0v) is 18.2. The summed E-state index contributed by atoms with van der Waals surface area (Å²) in [6.07, 6.45) is 0.236. The average Bonchev–Trinajstić information content (AvgIpc) is 3.08.